The van der Waals surface area contributed by atoms with Crippen molar-refractivity contribution < 1.29 is 9.84 Å². The second kappa shape index (κ2) is 7.49. The van der Waals surface area contributed by atoms with E-state index < -0.39 is 6.10 Å². The van der Waals surface area contributed by atoms with Gasteiger partial charge in [0.15, 0.2) is 0 Å². The number of anilines is 1. The standard InChI is InChI=1S/C15H19ClN2O2/c16-12-6-5-11(8-17)15(7-12)18-9-13(19)10-20-14-3-1-2-4-14/h5-7,13-14,18-19H,1-4,9-10H2. The van der Waals surface area contributed by atoms with Crippen molar-refractivity contribution in [3.8, 4) is 6.07 Å². The second-order valence-corrected chi connectivity index (χ2v) is 5.51. The summed E-state index contributed by atoms with van der Waals surface area (Å²) in [5.74, 6) is 0. The van der Waals surface area contributed by atoms with Crippen molar-refractivity contribution in [1.82, 2.24) is 0 Å². The summed E-state index contributed by atoms with van der Waals surface area (Å²) in [6.45, 7) is 0.655. The summed E-state index contributed by atoms with van der Waals surface area (Å²) in [6, 6.07) is 7.10. The first-order chi connectivity index (χ1) is 9.69. The lowest BCUT2D eigenvalue weighted by molar-refractivity contribution is -0.00117. The molecule has 1 aromatic rings. The number of nitrogens with one attached hydrogen (secondary N) is 1. The molecule has 0 saturated heterocycles. The number of hydrogen-bond acceptors (Lipinski definition) is 4. The average Bonchev–Trinajstić information content (AvgIpc) is 2.96. The van der Waals surface area contributed by atoms with Crippen LogP contribution in [0.4, 0.5) is 5.69 Å². The third-order valence-electron chi connectivity index (χ3n) is 3.46. The molecule has 0 aromatic heterocycles. The van der Waals surface area contributed by atoms with Crippen molar-refractivity contribution >= 4 is 17.3 Å². The molecule has 0 heterocycles. The Labute approximate surface area is 124 Å². The molecule has 108 valence electrons. The zero-order valence-corrected chi connectivity index (χ0v) is 12.1. The number of rotatable bonds is 6. The van der Waals surface area contributed by atoms with Gasteiger partial charge in [0.25, 0.3) is 0 Å². The summed E-state index contributed by atoms with van der Waals surface area (Å²) < 4.78 is 5.65. The van der Waals surface area contributed by atoms with Crippen molar-refractivity contribution in [2.24, 2.45) is 0 Å². The molecule has 2 N–H and O–H groups in total. The fourth-order valence-corrected chi connectivity index (χ4v) is 2.52. The number of nitrogens with zero attached hydrogens (tertiary/aromatic N) is 1. The van der Waals surface area contributed by atoms with E-state index in [1.807, 2.05) is 0 Å². The summed E-state index contributed by atoms with van der Waals surface area (Å²) in [4.78, 5) is 0. The van der Waals surface area contributed by atoms with Crippen LogP contribution in [0.15, 0.2) is 18.2 Å². The Kier molecular flexibility index (Phi) is 5.66. The van der Waals surface area contributed by atoms with Crippen LogP contribution in [0.2, 0.25) is 5.02 Å². The summed E-state index contributed by atoms with van der Waals surface area (Å²) >= 11 is 5.90. The van der Waals surface area contributed by atoms with Crippen molar-refractivity contribution in [2.75, 3.05) is 18.5 Å². The van der Waals surface area contributed by atoms with E-state index in [4.69, 9.17) is 21.6 Å². The van der Waals surface area contributed by atoms with Crippen LogP contribution < -0.4 is 5.32 Å². The summed E-state index contributed by atoms with van der Waals surface area (Å²) in [7, 11) is 0. The quantitative estimate of drug-likeness (QED) is 0.846. The van der Waals surface area contributed by atoms with E-state index in [-0.39, 0.29) is 0 Å². The first-order valence-electron chi connectivity index (χ1n) is 6.92. The Hall–Kier alpha value is -1.28. The van der Waals surface area contributed by atoms with E-state index in [1.54, 1.807) is 18.2 Å². The van der Waals surface area contributed by atoms with Gasteiger partial charge < -0.3 is 15.2 Å². The number of aliphatic hydroxyl groups is 1. The number of aliphatic hydroxyl groups excluding tert-OH is 1. The van der Waals surface area contributed by atoms with Crippen LogP contribution in [0, 0.1) is 11.3 Å². The predicted molar refractivity (Wildman–Crippen MR) is 78.9 cm³/mol. The lowest BCUT2D eigenvalue weighted by Crippen LogP contribution is -2.27. The van der Waals surface area contributed by atoms with Gasteiger partial charge in [-0.3, -0.25) is 0 Å². The Bertz CT molecular complexity index is 481. The summed E-state index contributed by atoms with van der Waals surface area (Å²) in [6.07, 6.45) is 4.31. The highest BCUT2D eigenvalue weighted by atomic mass is 35.5. The van der Waals surface area contributed by atoms with Gasteiger partial charge in [0.1, 0.15) is 6.07 Å². The van der Waals surface area contributed by atoms with E-state index in [2.05, 4.69) is 11.4 Å². The van der Waals surface area contributed by atoms with Gasteiger partial charge in [-0.25, -0.2) is 0 Å². The molecular weight excluding hydrogens is 276 g/mol. The normalized spacial score (nSPS) is 16.9. The first-order valence-corrected chi connectivity index (χ1v) is 7.30. The number of halogens is 1. The number of benzene rings is 1. The second-order valence-electron chi connectivity index (χ2n) is 5.08. The largest absolute Gasteiger partial charge is 0.389 e. The fraction of sp³-hybridized carbons (Fsp3) is 0.533. The molecule has 1 aromatic carbocycles. The molecule has 1 saturated carbocycles. The molecule has 2 rings (SSSR count). The zero-order valence-electron chi connectivity index (χ0n) is 11.3. The van der Waals surface area contributed by atoms with Crippen LogP contribution in [0.5, 0.6) is 0 Å². The Morgan fingerprint density at radius 1 is 1.45 bits per heavy atom. The van der Waals surface area contributed by atoms with Crippen molar-refractivity contribution in [3.63, 3.8) is 0 Å². The van der Waals surface area contributed by atoms with Crippen molar-refractivity contribution in [2.45, 2.75) is 37.9 Å². The molecule has 1 aliphatic rings. The van der Waals surface area contributed by atoms with E-state index in [9.17, 15) is 5.11 Å². The minimum Gasteiger partial charge on any atom is -0.389 e. The van der Waals surface area contributed by atoms with Crippen molar-refractivity contribution in [3.05, 3.63) is 28.8 Å². The van der Waals surface area contributed by atoms with Crippen LogP contribution in [-0.2, 0) is 4.74 Å². The molecule has 4 nitrogen and oxygen atoms in total. The monoisotopic (exact) mass is 294 g/mol. The van der Waals surface area contributed by atoms with Gasteiger partial charge in [-0.1, -0.05) is 24.4 Å². The minimum atomic E-state index is -0.596. The van der Waals surface area contributed by atoms with Crippen LogP contribution in [0.1, 0.15) is 31.2 Å². The molecule has 5 heteroatoms. The molecule has 0 amide bonds. The molecule has 20 heavy (non-hydrogen) atoms. The zero-order chi connectivity index (χ0) is 14.4. The topological polar surface area (TPSA) is 65.3 Å². The Morgan fingerprint density at radius 3 is 2.90 bits per heavy atom. The molecule has 0 aliphatic heterocycles. The van der Waals surface area contributed by atoms with E-state index in [0.29, 0.717) is 35.5 Å². The van der Waals surface area contributed by atoms with Gasteiger partial charge >= 0.3 is 0 Å². The molecule has 0 spiro atoms. The smallest absolute Gasteiger partial charge is 0.101 e. The highest BCUT2D eigenvalue weighted by Crippen LogP contribution is 2.22. The van der Waals surface area contributed by atoms with Gasteiger partial charge in [0, 0.05) is 11.6 Å². The maximum atomic E-state index is 9.90. The van der Waals surface area contributed by atoms with Gasteiger partial charge in [-0.15, -0.1) is 0 Å². The minimum absolute atomic E-state index is 0.297. The predicted octanol–water partition coefficient (Wildman–Crippen LogP) is 2.94. The number of hydrogen-bond donors (Lipinski definition) is 2. The molecule has 1 atom stereocenters. The lowest BCUT2D eigenvalue weighted by Gasteiger charge is -2.17. The highest BCUT2D eigenvalue weighted by Gasteiger charge is 2.17. The van der Waals surface area contributed by atoms with E-state index in [0.717, 1.165) is 12.8 Å². The molecule has 1 unspecified atom stereocenters. The summed E-state index contributed by atoms with van der Waals surface area (Å²) in [5, 5.41) is 22.5. The Morgan fingerprint density at radius 2 is 2.20 bits per heavy atom. The van der Waals surface area contributed by atoms with Crippen LogP contribution in [0.3, 0.4) is 0 Å². The molecule has 1 fully saturated rings. The maximum absolute atomic E-state index is 9.90. The molecular formula is C15H19ClN2O2. The van der Waals surface area contributed by atoms with Gasteiger partial charge in [0.05, 0.1) is 30.1 Å². The fourth-order valence-electron chi connectivity index (χ4n) is 2.35. The third kappa shape index (κ3) is 4.38. The average molecular weight is 295 g/mol. The third-order valence-corrected chi connectivity index (χ3v) is 3.69. The van der Waals surface area contributed by atoms with Crippen LogP contribution in [-0.4, -0.2) is 30.5 Å². The summed E-state index contributed by atoms with van der Waals surface area (Å²) in [5.41, 5.74) is 1.15. The van der Waals surface area contributed by atoms with Gasteiger partial charge in [-0.05, 0) is 31.0 Å². The molecule has 1 aliphatic carbocycles. The SMILES string of the molecule is N#Cc1ccc(Cl)cc1NCC(O)COC1CCCC1. The van der Waals surface area contributed by atoms with E-state index in [1.165, 1.54) is 12.8 Å². The van der Waals surface area contributed by atoms with Crippen LogP contribution in [0.25, 0.3) is 0 Å². The Balaban J connectivity index is 1.79. The highest BCUT2D eigenvalue weighted by molar-refractivity contribution is 6.30. The van der Waals surface area contributed by atoms with Crippen molar-refractivity contribution in [1.29, 1.82) is 5.26 Å². The van der Waals surface area contributed by atoms with Crippen LogP contribution >= 0.6 is 11.6 Å². The lowest BCUT2D eigenvalue weighted by atomic mass is 10.2. The first kappa shape index (κ1) is 15.1. The van der Waals surface area contributed by atoms with Gasteiger partial charge in [-0.2, -0.15) is 5.26 Å². The van der Waals surface area contributed by atoms with Gasteiger partial charge in [0.2, 0.25) is 0 Å². The van der Waals surface area contributed by atoms with E-state index >= 15 is 0 Å². The number of ether oxygens (including phenoxy) is 1. The number of nitriles is 1. The molecule has 0 radical (unpaired) electrons. The maximum Gasteiger partial charge on any atom is 0.101 e. The molecule has 0 bridgehead atoms.